The zero-order valence-corrected chi connectivity index (χ0v) is 11.7. The van der Waals surface area contributed by atoms with Gasteiger partial charge in [-0.15, -0.1) is 0 Å². The van der Waals surface area contributed by atoms with Crippen molar-refractivity contribution in [1.82, 2.24) is 5.32 Å². The van der Waals surface area contributed by atoms with Crippen molar-refractivity contribution >= 4 is 11.8 Å². The second-order valence-corrected chi connectivity index (χ2v) is 6.14. The largest absolute Gasteiger partial charge is 0.441 e. The molecule has 0 saturated heterocycles. The van der Waals surface area contributed by atoms with Crippen LogP contribution in [0.2, 0.25) is 0 Å². The van der Waals surface area contributed by atoms with E-state index >= 15 is 0 Å². The van der Waals surface area contributed by atoms with E-state index in [2.05, 4.69) is 5.32 Å². The quantitative estimate of drug-likeness (QED) is 0.754. The first-order chi connectivity index (χ1) is 9.46. The van der Waals surface area contributed by atoms with E-state index in [0.717, 1.165) is 12.8 Å². The molecule has 112 valence electrons. The molecule has 1 aliphatic rings. The Morgan fingerprint density at radius 2 is 1.95 bits per heavy atom. The summed E-state index contributed by atoms with van der Waals surface area (Å²) >= 11 is -0.0379. The summed E-state index contributed by atoms with van der Waals surface area (Å²) in [4.78, 5) is 0. The van der Waals surface area contributed by atoms with Gasteiger partial charge in [0.25, 0.3) is 0 Å². The van der Waals surface area contributed by atoms with Gasteiger partial charge in [-0.25, -0.2) is 4.39 Å². The Labute approximate surface area is 120 Å². The molecule has 1 N–H and O–H groups in total. The highest BCUT2D eigenvalue weighted by Gasteiger charge is 2.29. The topological polar surface area (TPSA) is 12.0 Å². The number of benzene rings is 1. The third kappa shape index (κ3) is 5.32. The number of halogens is 4. The zero-order chi connectivity index (χ0) is 14.6. The lowest BCUT2D eigenvalue weighted by molar-refractivity contribution is -0.0328. The molecule has 1 atom stereocenters. The van der Waals surface area contributed by atoms with Crippen molar-refractivity contribution in [2.45, 2.75) is 36.7 Å². The lowest BCUT2D eigenvalue weighted by Crippen LogP contribution is -2.24. The van der Waals surface area contributed by atoms with Crippen molar-refractivity contribution < 1.29 is 17.6 Å². The first-order valence-corrected chi connectivity index (χ1v) is 7.63. The van der Waals surface area contributed by atoms with Crippen LogP contribution < -0.4 is 5.32 Å². The second-order valence-electron chi connectivity index (χ2n) is 4.98. The van der Waals surface area contributed by atoms with Gasteiger partial charge in [-0.05, 0) is 30.9 Å². The Morgan fingerprint density at radius 3 is 2.55 bits per heavy atom. The van der Waals surface area contributed by atoms with E-state index in [1.54, 1.807) is 18.2 Å². The van der Waals surface area contributed by atoms with Crippen molar-refractivity contribution in [3.05, 3.63) is 35.6 Å². The molecule has 0 amide bonds. The first kappa shape index (κ1) is 15.6. The van der Waals surface area contributed by atoms with Crippen molar-refractivity contribution in [1.29, 1.82) is 0 Å². The highest BCUT2D eigenvalue weighted by atomic mass is 32.2. The fourth-order valence-corrected chi connectivity index (χ4v) is 2.72. The Bertz CT molecular complexity index is 431. The molecule has 1 aromatic carbocycles. The molecule has 1 unspecified atom stereocenters. The zero-order valence-electron chi connectivity index (χ0n) is 10.9. The molecule has 20 heavy (non-hydrogen) atoms. The van der Waals surface area contributed by atoms with Crippen molar-refractivity contribution in [3.8, 4) is 0 Å². The standard InChI is InChI=1S/C14H17F4NS/c15-13-4-2-1-3-12(13)10(9-19-11-5-6-11)7-8-20-14(16,17)18/h1-4,10-11,19H,5-9H2. The Morgan fingerprint density at radius 1 is 1.25 bits per heavy atom. The number of rotatable bonds is 7. The molecule has 1 aliphatic carbocycles. The SMILES string of the molecule is Fc1ccccc1C(CCSC(F)(F)F)CNC1CC1. The van der Waals surface area contributed by atoms with E-state index in [0.29, 0.717) is 24.6 Å². The van der Waals surface area contributed by atoms with E-state index in [1.165, 1.54) is 6.07 Å². The Balaban J connectivity index is 1.94. The third-order valence-electron chi connectivity index (χ3n) is 3.31. The molecular formula is C14H17F4NS. The maximum Gasteiger partial charge on any atom is 0.441 e. The first-order valence-electron chi connectivity index (χ1n) is 6.64. The molecule has 6 heteroatoms. The Hall–Kier alpha value is -0.750. The van der Waals surface area contributed by atoms with Crippen molar-refractivity contribution in [2.75, 3.05) is 12.3 Å². The van der Waals surface area contributed by atoms with Gasteiger partial charge >= 0.3 is 5.51 Å². The van der Waals surface area contributed by atoms with Crippen molar-refractivity contribution in [3.63, 3.8) is 0 Å². The van der Waals surface area contributed by atoms with Crippen LogP contribution in [0.15, 0.2) is 24.3 Å². The van der Waals surface area contributed by atoms with Gasteiger partial charge in [0.05, 0.1) is 0 Å². The molecule has 0 aliphatic heterocycles. The number of nitrogens with one attached hydrogen (secondary N) is 1. The van der Waals surface area contributed by atoms with Gasteiger partial charge < -0.3 is 5.32 Å². The molecule has 2 rings (SSSR count). The van der Waals surface area contributed by atoms with Crippen LogP contribution in [0.3, 0.4) is 0 Å². The molecule has 0 bridgehead atoms. The van der Waals surface area contributed by atoms with Gasteiger partial charge in [-0.2, -0.15) is 13.2 Å². The number of alkyl halides is 3. The van der Waals surface area contributed by atoms with Crippen LogP contribution in [-0.2, 0) is 0 Å². The summed E-state index contributed by atoms with van der Waals surface area (Å²) in [6.45, 7) is 0.532. The monoisotopic (exact) mass is 307 g/mol. The van der Waals surface area contributed by atoms with Crippen LogP contribution in [0.25, 0.3) is 0 Å². The maximum absolute atomic E-state index is 13.8. The fraction of sp³-hybridized carbons (Fsp3) is 0.571. The van der Waals surface area contributed by atoms with Gasteiger partial charge in [0.1, 0.15) is 5.82 Å². The summed E-state index contributed by atoms with van der Waals surface area (Å²) in [6, 6.07) is 6.79. The molecule has 0 radical (unpaired) electrons. The average molecular weight is 307 g/mol. The minimum Gasteiger partial charge on any atom is -0.313 e. The van der Waals surface area contributed by atoms with Gasteiger partial charge in [-0.1, -0.05) is 30.0 Å². The molecule has 1 saturated carbocycles. The van der Waals surface area contributed by atoms with Crippen molar-refractivity contribution in [2.24, 2.45) is 0 Å². The minimum atomic E-state index is -4.22. The highest BCUT2D eigenvalue weighted by molar-refractivity contribution is 8.00. The maximum atomic E-state index is 13.8. The van der Waals surface area contributed by atoms with Crippen LogP contribution in [-0.4, -0.2) is 23.8 Å². The summed E-state index contributed by atoms with van der Waals surface area (Å²) in [5.41, 5.74) is -3.72. The van der Waals surface area contributed by atoms with Gasteiger partial charge in [0.15, 0.2) is 0 Å². The smallest absolute Gasteiger partial charge is 0.313 e. The van der Waals surface area contributed by atoms with Gasteiger partial charge in [0.2, 0.25) is 0 Å². The molecule has 0 aromatic heterocycles. The summed E-state index contributed by atoms with van der Waals surface area (Å²) in [7, 11) is 0. The molecule has 1 aromatic rings. The third-order valence-corrected chi connectivity index (χ3v) is 4.07. The van der Waals surface area contributed by atoms with Crippen LogP contribution in [0.1, 0.15) is 30.7 Å². The molecule has 1 fully saturated rings. The van der Waals surface area contributed by atoms with Gasteiger partial charge in [0, 0.05) is 24.3 Å². The number of hydrogen-bond acceptors (Lipinski definition) is 2. The van der Waals surface area contributed by atoms with Gasteiger partial charge in [-0.3, -0.25) is 0 Å². The fourth-order valence-electron chi connectivity index (χ4n) is 2.09. The molecule has 1 nitrogen and oxygen atoms in total. The molecular weight excluding hydrogens is 290 g/mol. The van der Waals surface area contributed by atoms with Crippen LogP contribution >= 0.6 is 11.8 Å². The number of thioether (sulfide) groups is 1. The van der Waals surface area contributed by atoms with E-state index in [-0.39, 0.29) is 29.2 Å². The van der Waals surface area contributed by atoms with E-state index in [4.69, 9.17) is 0 Å². The van der Waals surface area contributed by atoms with E-state index < -0.39 is 5.51 Å². The van der Waals surface area contributed by atoms with Crippen LogP contribution in [0.4, 0.5) is 17.6 Å². The lowest BCUT2D eigenvalue weighted by atomic mass is 9.96. The van der Waals surface area contributed by atoms with E-state index in [1.807, 2.05) is 0 Å². The summed E-state index contributed by atoms with van der Waals surface area (Å²) in [5.74, 6) is -0.603. The summed E-state index contributed by atoms with van der Waals surface area (Å²) < 4.78 is 50.3. The average Bonchev–Trinajstić information content (AvgIpc) is 3.17. The number of hydrogen-bond donors (Lipinski definition) is 1. The highest BCUT2D eigenvalue weighted by Crippen LogP contribution is 2.33. The normalized spacial score (nSPS) is 17.2. The predicted octanol–water partition coefficient (Wildman–Crippen LogP) is 4.30. The summed E-state index contributed by atoms with van der Waals surface area (Å²) in [5, 5.41) is 3.27. The Kier molecular flexibility index (Phi) is 5.32. The van der Waals surface area contributed by atoms with Crippen LogP contribution in [0, 0.1) is 5.82 Å². The molecule has 0 heterocycles. The minimum absolute atomic E-state index is 0.0379. The predicted molar refractivity (Wildman–Crippen MR) is 73.3 cm³/mol. The second kappa shape index (κ2) is 6.80. The lowest BCUT2D eigenvalue weighted by Gasteiger charge is -2.19. The summed E-state index contributed by atoms with van der Waals surface area (Å²) in [6.07, 6.45) is 2.51. The van der Waals surface area contributed by atoms with E-state index in [9.17, 15) is 17.6 Å². The molecule has 0 spiro atoms. The van der Waals surface area contributed by atoms with Crippen LogP contribution in [0.5, 0.6) is 0 Å².